The van der Waals surface area contributed by atoms with Gasteiger partial charge in [-0.3, -0.25) is 9.69 Å². The van der Waals surface area contributed by atoms with E-state index in [1.165, 1.54) is 4.88 Å². The van der Waals surface area contributed by atoms with Crippen LogP contribution in [0.25, 0.3) is 0 Å². The summed E-state index contributed by atoms with van der Waals surface area (Å²) in [6.45, 7) is 5.60. The summed E-state index contributed by atoms with van der Waals surface area (Å²) in [6, 6.07) is 4.25. The molecule has 0 saturated carbocycles. The van der Waals surface area contributed by atoms with Crippen molar-refractivity contribution in [2.45, 2.75) is 24.9 Å². The molecule has 0 aliphatic carbocycles. The van der Waals surface area contributed by atoms with E-state index in [0.29, 0.717) is 26.1 Å². The molecule has 2 saturated heterocycles. The number of carbonyl (C=O) groups is 1. The van der Waals surface area contributed by atoms with Crippen molar-refractivity contribution in [1.82, 2.24) is 9.80 Å². The van der Waals surface area contributed by atoms with E-state index in [9.17, 15) is 4.79 Å². The van der Waals surface area contributed by atoms with E-state index in [4.69, 9.17) is 10.5 Å². The van der Waals surface area contributed by atoms with Crippen LogP contribution in [0.3, 0.4) is 0 Å². The average Bonchev–Trinajstić information content (AvgIpc) is 3.01. The molecular weight excluding hydrogens is 357 g/mol. The van der Waals surface area contributed by atoms with Gasteiger partial charge in [0.25, 0.3) is 0 Å². The zero-order valence-electron chi connectivity index (χ0n) is 13.1. The summed E-state index contributed by atoms with van der Waals surface area (Å²) in [6.07, 6.45) is 1.28. The summed E-state index contributed by atoms with van der Waals surface area (Å²) in [5.74, 6) is 0.113. The van der Waals surface area contributed by atoms with E-state index >= 15 is 0 Å². The minimum absolute atomic E-state index is 0. The molecule has 0 radical (unpaired) electrons. The van der Waals surface area contributed by atoms with Gasteiger partial charge in [0.15, 0.2) is 0 Å². The Balaban J connectivity index is 0.00000132. The lowest BCUT2D eigenvalue weighted by molar-refractivity contribution is -0.142. The van der Waals surface area contributed by atoms with Crippen LogP contribution in [0.2, 0.25) is 0 Å². The van der Waals surface area contributed by atoms with Crippen molar-refractivity contribution in [3.8, 4) is 0 Å². The van der Waals surface area contributed by atoms with E-state index in [1.807, 2.05) is 4.90 Å². The molecule has 2 aliphatic heterocycles. The second kappa shape index (κ2) is 9.20. The molecule has 1 aromatic heterocycles. The number of nitrogens with zero attached hydrogens (tertiary/aromatic N) is 2. The van der Waals surface area contributed by atoms with Gasteiger partial charge in [0.05, 0.1) is 5.54 Å². The molecule has 0 unspecified atom stereocenters. The van der Waals surface area contributed by atoms with Gasteiger partial charge in [0, 0.05) is 50.8 Å². The Morgan fingerprint density at radius 1 is 1.22 bits per heavy atom. The SMILES string of the molecule is Cl.Cl.NC1(C(=O)N2CCN(Cc3cccs3)CC2)CCOCC1. The molecule has 23 heavy (non-hydrogen) atoms. The van der Waals surface area contributed by atoms with Gasteiger partial charge >= 0.3 is 0 Å². The Morgan fingerprint density at radius 3 is 2.43 bits per heavy atom. The second-order valence-electron chi connectivity index (χ2n) is 5.92. The lowest BCUT2D eigenvalue weighted by Gasteiger charge is -2.40. The summed E-state index contributed by atoms with van der Waals surface area (Å²) in [7, 11) is 0. The number of thiophene rings is 1. The molecule has 8 heteroatoms. The second-order valence-corrected chi connectivity index (χ2v) is 6.95. The van der Waals surface area contributed by atoms with Gasteiger partial charge in [0.1, 0.15) is 0 Å². The van der Waals surface area contributed by atoms with Gasteiger partial charge in [0.2, 0.25) is 5.91 Å². The van der Waals surface area contributed by atoms with Crippen LogP contribution in [-0.2, 0) is 16.1 Å². The van der Waals surface area contributed by atoms with Crippen molar-refractivity contribution in [1.29, 1.82) is 0 Å². The smallest absolute Gasteiger partial charge is 0.242 e. The molecule has 132 valence electrons. The Hall–Kier alpha value is -0.370. The fourth-order valence-corrected chi connectivity index (χ4v) is 3.74. The highest BCUT2D eigenvalue weighted by Crippen LogP contribution is 2.22. The lowest BCUT2D eigenvalue weighted by Crippen LogP contribution is -2.61. The van der Waals surface area contributed by atoms with Crippen LogP contribution in [0.5, 0.6) is 0 Å². The minimum Gasteiger partial charge on any atom is -0.381 e. The normalized spacial score (nSPS) is 21.2. The number of amides is 1. The molecule has 3 heterocycles. The average molecular weight is 382 g/mol. The first-order valence-electron chi connectivity index (χ1n) is 7.58. The van der Waals surface area contributed by atoms with Crippen LogP contribution < -0.4 is 5.73 Å². The third-order valence-electron chi connectivity index (χ3n) is 4.43. The quantitative estimate of drug-likeness (QED) is 0.865. The zero-order valence-corrected chi connectivity index (χ0v) is 15.6. The van der Waals surface area contributed by atoms with E-state index < -0.39 is 5.54 Å². The van der Waals surface area contributed by atoms with Crippen molar-refractivity contribution >= 4 is 42.1 Å². The Bertz CT molecular complexity index is 473. The molecule has 0 aromatic carbocycles. The standard InChI is InChI=1S/C15H23N3O2S.2ClH/c16-15(3-9-20-10-4-15)14(19)18-7-5-17(6-8-18)12-13-2-1-11-21-13;;/h1-2,11H,3-10,12,16H2;2*1H. The van der Waals surface area contributed by atoms with Gasteiger partial charge in [-0.25, -0.2) is 0 Å². The summed E-state index contributed by atoms with van der Waals surface area (Å²) in [4.78, 5) is 18.4. The number of carbonyl (C=O) groups excluding carboxylic acids is 1. The first-order chi connectivity index (χ1) is 10.2. The molecule has 2 aliphatic rings. The number of rotatable bonds is 3. The van der Waals surface area contributed by atoms with Crippen molar-refractivity contribution in [2.75, 3.05) is 39.4 Å². The highest BCUT2D eigenvalue weighted by Gasteiger charge is 2.39. The van der Waals surface area contributed by atoms with Crippen LogP contribution in [0.1, 0.15) is 17.7 Å². The summed E-state index contributed by atoms with van der Waals surface area (Å²) >= 11 is 1.79. The van der Waals surface area contributed by atoms with Gasteiger partial charge in [-0.1, -0.05) is 6.07 Å². The molecule has 5 nitrogen and oxygen atoms in total. The molecule has 0 bridgehead atoms. The van der Waals surface area contributed by atoms with Crippen molar-refractivity contribution < 1.29 is 9.53 Å². The van der Waals surface area contributed by atoms with Crippen molar-refractivity contribution in [3.63, 3.8) is 0 Å². The van der Waals surface area contributed by atoms with Crippen molar-refractivity contribution in [2.24, 2.45) is 5.73 Å². The number of ether oxygens (including phenoxy) is 1. The van der Waals surface area contributed by atoms with Crippen LogP contribution in [0, 0.1) is 0 Å². The summed E-state index contributed by atoms with van der Waals surface area (Å²) in [5.41, 5.74) is 5.59. The summed E-state index contributed by atoms with van der Waals surface area (Å²) < 4.78 is 5.32. The monoisotopic (exact) mass is 381 g/mol. The number of hydrogen-bond donors (Lipinski definition) is 1. The number of hydrogen-bond acceptors (Lipinski definition) is 5. The molecule has 1 aromatic rings. The highest BCUT2D eigenvalue weighted by molar-refractivity contribution is 7.09. The fourth-order valence-electron chi connectivity index (χ4n) is 3.00. The number of piperazine rings is 1. The summed E-state index contributed by atoms with van der Waals surface area (Å²) in [5, 5.41) is 2.11. The van der Waals surface area contributed by atoms with E-state index in [2.05, 4.69) is 22.4 Å². The third-order valence-corrected chi connectivity index (χ3v) is 5.29. The molecule has 1 amide bonds. The molecule has 2 N–H and O–H groups in total. The molecule has 0 spiro atoms. The Morgan fingerprint density at radius 2 is 1.87 bits per heavy atom. The maximum Gasteiger partial charge on any atom is 0.242 e. The molecule has 0 atom stereocenters. The van der Waals surface area contributed by atoms with Crippen molar-refractivity contribution in [3.05, 3.63) is 22.4 Å². The Labute approximate surface area is 154 Å². The van der Waals surface area contributed by atoms with Gasteiger partial charge < -0.3 is 15.4 Å². The maximum absolute atomic E-state index is 12.6. The lowest BCUT2D eigenvalue weighted by atomic mass is 9.89. The van der Waals surface area contributed by atoms with Crippen LogP contribution in [-0.4, -0.2) is 60.6 Å². The van der Waals surface area contributed by atoms with Gasteiger partial charge in [-0.15, -0.1) is 36.2 Å². The van der Waals surface area contributed by atoms with Crippen LogP contribution >= 0.6 is 36.2 Å². The third kappa shape index (κ3) is 5.05. The first kappa shape index (κ1) is 20.7. The minimum atomic E-state index is -0.700. The largest absolute Gasteiger partial charge is 0.381 e. The van der Waals surface area contributed by atoms with Gasteiger partial charge in [-0.05, 0) is 24.3 Å². The van der Waals surface area contributed by atoms with E-state index in [-0.39, 0.29) is 30.7 Å². The topological polar surface area (TPSA) is 58.8 Å². The Kier molecular flexibility index (Phi) is 8.27. The first-order valence-corrected chi connectivity index (χ1v) is 8.46. The van der Waals surface area contributed by atoms with E-state index in [1.54, 1.807) is 11.3 Å². The van der Waals surface area contributed by atoms with Crippen LogP contribution in [0.15, 0.2) is 17.5 Å². The van der Waals surface area contributed by atoms with E-state index in [0.717, 1.165) is 32.7 Å². The number of halogens is 2. The zero-order chi connectivity index (χ0) is 14.7. The molecule has 3 rings (SSSR count). The predicted octanol–water partition coefficient (Wildman–Crippen LogP) is 1.74. The molecule has 2 fully saturated rings. The predicted molar refractivity (Wildman–Crippen MR) is 97.6 cm³/mol. The number of nitrogens with two attached hydrogens (primary N) is 1. The molecular formula is C15H25Cl2N3O2S. The van der Waals surface area contributed by atoms with Gasteiger partial charge in [-0.2, -0.15) is 0 Å². The highest BCUT2D eigenvalue weighted by atomic mass is 35.5. The maximum atomic E-state index is 12.6. The van der Waals surface area contributed by atoms with Crippen LogP contribution in [0.4, 0.5) is 0 Å². The fraction of sp³-hybridized carbons (Fsp3) is 0.667.